The van der Waals surface area contributed by atoms with Crippen LogP contribution in [0.25, 0.3) is 0 Å². The third-order valence-electron chi connectivity index (χ3n) is 4.70. The van der Waals surface area contributed by atoms with Crippen LogP contribution in [-0.2, 0) is 20.7 Å². The molecule has 2 aliphatic rings. The molecule has 2 fully saturated rings. The van der Waals surface area contributed by atoms with Crippen LogP contribution in [-0.4, -0.2) is 53.5 Å². The lowest BCUT2D eigenvalue weighted by Gasteiger charge is -2.28. The molecule has 0 radical (unpaired) electrons. The summed E-state index contributed by atoms with van der Waals surface area (Å²) >= 11 is 0. The van der Waals surface area contributed by atoms with E-state index in [2.05, 4.69) is 10.3 Å². The van der Waals surface area contributed by atoms with Gasteiger partial charge in [-0.25, -0.2) is 0 Å². The Morgan fingerprint density at radius 2 is 2.21 bits per heavy atom. The second-order valence-electron chi connectivity index (χ2n) is 6.73. The minimum absolute atomic E-state index is 0.00853. The number of hydrogen-bond donors (Lipinski definition) is 1. The van der Waals surface area contributed by atoms with E-state index in [-0.39, 0.29) is 30.5 Å². The first kappa shape index (κ1) is 16.9. The van der Waals surface area contributed by atoms with Gasteiger partial charge in [-0.05, 0) is 43.2 Å². The van der Waals surface area contributed by atoms with Crippen LogP contribution in [0.1, 0.15) is 31.7 Å². The van der Waals surface area contributed by atoms with Gasteiger partial charge in [0.05, 0.1) is 18.7 Å². The Labute approximate surface area is 142 Å². The Kier molecular flexibility index (Phi) is 5.45. The molecule has 1 saturated heterocycles. The molecule has 0 spiro atoms. The highest BCUT2D eigenvalue weighted by Gasteiger charge is 2.38. The topological polar surface area (TPSA) is 71.5 Å². The summed E-state index contributed by atoms with van der Waals surface area (Å²) in [7, 11) is 0. The molecule has 1 aromatic heterocycles. The number of nitrogens with one attached hydrogen (secondary N) is 1. The summed E-state index contributed by atoms with van der Waals surface area (Å²) in [6.45, 7) is 2.95. The summed E-state index contributed by atoms with van der Waals surface area (Å²) in [5, 5.41) is 2.60. The van der Waals surface area contributed by atoms with Crippen molar-refractivity contribution in [1.29, 1.82) is 0 Å². The molecule has 24 heavy (non-hydrogen) atoms. The fraction of sp³-hybridized carbons (Fsp3) is 0.611. The number of rotatable bonds is 7. The monoisotopic (exact) mass is 331 g/mol. The van der Waals surface area contributed by atoms with Gasteiger partial charge in [-0.2, -0.15) is 0 Å². The minimum Gasteiger partial charge on any atom is -0.376 e. The molecule has 2 atom stereocenters. The van der Waals surface area contributed by atoms with Crippen molar-refractivity contribution in [1.82, 2.24) is 15.2 Å². The number of amides is 2. The molecule has 6 heteroatoms. The summed E-state index contributed by atoms with van der Waals surface area (Å²) in [4.78, 5) is 29.6. The zero-order valence-corrected chi connectivity index (χ0v) is 14.1. The van der Waals surface area contributed by atoms with Gasteiger partial charge in [0.15, 0.2) is 0 Å². The van der Waals surface area contributed by atoms with Gasteiger partial charge in [-0.3, -0.25) is 14.6 Å². The molecule has 1 N–H and O–H groups in total. The maximum atomic E-state index is 12.5. The Morgan fingerprint density at radius 1 is 1.38 bits per heavy atom. The normalized spacial score (nSPS) is 23.3. The largest absolute Gasteiger partial charge is 0.376 e. The van der Waals surface area contributed by atoms with E-state index in [1.165, 1.54) is 19.8 Å². The number of aromatic nitrogens is 1. The van der Waals surface area contributed by atoms with Crippen molar-refractivity contribution in [3.63, 3.8) is 0 Å². The van der Waals surface area contributed by atoms with E-state index in [1.807, 2.05) is 23.2 Å². The highest BCUT2D eigenvalue weighted by Crippen LogP contribution is 2.31. The van der Waals surface area contributed by atoms with Gasteiger partial charge in [0.2, 0.25) is 11.8 Å². The van der Waals surface area contributed by atoms with Crippen molar-refractivity contribution in [3.05, 3.63) is 30.1 Å². The summed E-state index contributed by atoms with van der Waals surface area (Å²) in [6, 6.07) is 3.95. The summed E-state index contributed by atoms with van der Waals surface area (Å²) in [6.07, 6.45) is 7.74. The highest BCUT2D eigenvalue weighted by molar-refractivity contribution is 5.84. The predicted molar refractivity (Wildman–Crippen MR) is 89.2 cm³/mol. The first-order valence-corrected chi connectivity index (χ1v) is 8.68. The van der Waals surface area contributed by atoms with Gasteiger partial charge < -0.3 is 15.0 Å². The zero-order valence-electron chi connectivity index (χ0n) is 14.1. The van der Waals surface area contributed by atoms with Gasteiger partial charge in [-0.15, -0.1) is 0 Å². The molecule has 0 unspecified atom stereocenters. The average molecular weight is 331 g/mol. The summed E-state index contributed by atoms with van der Waals surface area (Å²) in [5.41, 5.74) is 1.10. The smallest absolute Gasteiger partial charge is 0.242 e. The minimum atomic E-state index is -0.187. The van der Waals surface area contributed by atoms with Crippen molar-refractivity contribution in [2.24, 2.45) is 5.92 Å². The lowest BCUT2D eigenvalue weighted by atomic mass is 10.0. The Hall–Kier alpha value is -1.95. The molecule has 1 saturated carbocycles. The van der Waals surface area contributed by atoms with Crippen molar-refractivity contribution in [2.45, 2.75) is 44.8 Å². The molecule has 2 heterocycles. The molecule has 6 nitrogen and oxygen atoms in total. The van der Waals surface area contributed by atoms with E-state index >= 15 is 0 Å². The van der Waals surface area contributed by atoms with Gasteiger partial charge in [0.25, 0.3) is 0 Å². The van der Waals surface area contributed by atoms with Crippen LogP contribution in [0.5, 0.6) is 0 Å². The second kappa shape index (κ2) is 7.75. The van der Waals surface area contributed by atoms with Crippen molar-refractivity contribution in [3.8, 4) is 0 Å². The molecule has 1 aromatic rings. The van der Waals surface area contributed by atoms with Crippen LogP contribution in [0.3, 0.4) is 0 Å². The third kappa shape index (κ3) is 4.54. The van der Waals surface area contributed by atoms with E-state index in [0.717, 1.165) is 25.0 Å². The molecule has 1 aliphatic heterocycles. The van der Waals surface area contributed by atoms with Crippen LogP contribution in [0.15, 0.2) is 24.5 Å². The number of likely N-dealkylation sites (tertiary alicyclic amines) is 1. The summed E-state index contributed by atoms with van der Waals surface area (Å²) in [5.74, 6) is 0.470. The van der Waals surface area contributed by atoms with Gasteiger partial charge in [0, 0.05) is 32.5 Å². The van der Waals surface area contributed by atoms with Crippen molar-refractivity contribution >= 4 is 11.8 Å². The van der Waals surface area contributed by atoms with Crippen molar-refractivity contribution < 1.29 is 14.3 Å². The number of pyridine rings is 1. The lowest BCUT2D eigenvalue weighted by molar-refractivity contribution is -0.134. The average Bonchev–Trinajstić information content (AvgIpc) is 3.33. The molecule has 2 amide bonds. The number of carbonyl (C=O) groups is 2. The quantitative estimate of drug-likeness (QED) is 0.814. The van der Waals surface area contributed by atoms with Gasteiger partial charge in [0.1, 0.15) is 0 Å². The van der Waals surface area contributed by atoms with Crippen molar-refractivity contribution in [2.75, 3.05) is 19.7 Å². The molecule has 1 aliphatic carbocycles. The number of ether oxygens (including phenoxy) is 1. The Morgan fingerprint density at radius 3 is 2.88 bits per heavy atom. The molecular formula is C18H25N3O3. The Balaban J connectivity index is 1.66. The van der Waals surface area contributed by atoms with Crippen LogP contribution in [0, 0.1) is 5.92 Å². The van der Waals surface area contributed by atoms with Crippen LogP contribution < -0.4 is 5.32 Å². The van der Waals surface area contributed by atoms with E-state index in [1.54, 1.807) is 6.20 Å². The maximum absolute atomic E-state index is 12.5. The molecule has 0 bridgehead atoms. The van der Waals surface area contributed by atoms with Crippen LogP contribution in [0.4, 0.5) is 0 Å². The highest BCUT2D eigenvalue weighted by atomic mass is 16.5. The SMILES string of the molecule is CC(=O)NCC(=O)N1CC[C@@H](OCC2CC2)[C@H]1Cc1cccnc1. The number of nitrogens with zero attached hydrogens (tertiary/aromatic N) is 2. The number of carbonyl (C=O) groups excluding carboxylic acids is 2. The Bertz CT molecular complexity index is 574. The third-order valence-corrected chi connectivity index (χ3v) is 4.70. The van der Waals surface area contributed by atoms with E-state index in [0.29, 0.717) is 12.5 Å². The fourth-order valence-electron chi connectivity index (χ4n) is 3.18. The number of hydrogen-bond acceptors (Lipinski definition) is 4. The zero-order chi connectivity index (χ0) is 16.9. The predicted octanol–water partition coefficient (Wildman–Crippen LogP) is 1.16. The first-order valence-electron chi connectivity index (χ1n) is 8.68. The van der Waals surface area contributed by atoms with Gasteiger partial charge in [-0.1, -0.05) is 6.07 Å². The molecule has 0 aromatic carbocycles. The second-order valence-corrected chi connectivity index (χ2v) is 6.73. The van der Waals surface area contributed by atoms with E-state index < -0.39 is 0 Å². The van der Waals surface area contributed by atoms with Crippen LogP contribution in [0.2, 0.25) is 0 Å². The lowest BCUT2D eigenvalue weighted by Crippen LogP contribution is -2.46. The van der Waals surface area contributed by atoms with Gasteiger partial charge >= 0.3 is 0 Å². The van der Waals surface area contributed by atoms with E-state index in [4.69, 9.17) is 4.74 Å². The maximum Gasteiger partial charge on any atom is 0.242 e. The molecule has 130 valence electrons. The molecule has 3 rings (SSSR count). The first-order chi connectivity index (χ1) is 11.6. The fourth-order valence-corrected chi connectivity index (χ4v) is 3.18. The van der Waals surface area contributed by atoms with Crippen LogP contribution >= 0.6 is 0 Å². The summed E-state index contributed by atoms with van der Waals surface area (Å²) < 4.78 is 6.12. The standard InChI is InChI=1S/C18H25N3O3/c1-13(22)20-11-18(23)21-8-6-17(24-12-14-4-5-14)16(21)9-15-3-2-7-19-10-15/h2-3,7,10,14,16-17H,4-6,8-9,11-12H2,1H3,(H,20,22)/t16-,17-/m1/s1. The molecular weight excluding hydrogens is 306 g/mol. The van der Waals surface area contributed by atoms with E-state index in [9.17, 15) is 9.59 Å².